The highest BCUT2D eigenvalue weighted by Gasteiger charge is 2.20. The largest absolute Gasteiger partial charge is 0.296 e. The fraction of sp³-hybridized carbons (Fsp3) is 0.318. The molecule has 0 saturated carbocycles. The number of fused-ring (bicyclic) bond motifs is 1. The number of pyridine rings is 1. The molecule has 0 aliphatic carbocycles. The van der Waals surface area contributed by atoms with Crippen LogP contribution in [0.15, 0.2) is 42.6 Å². The van der Waals surface area contributed by atoms with E-state index in [1.807, 2.05) is 43.3 Å². The molecule has 3 aromatic heterocycles. The van der Waals surface area contributed by atoms with Crippen molar-refractivity contribution in [3.8, 4) is 11.3 Å². The standard InChI is InChI=1S/C22H24N6OS/c1-4-14(5-2)21-26-27-22(30-21)25-20(29)16-12-18(15-10-8-7-9-11-15)24-19-17(16)13-23-28(19)6-3/h7-14H,4-6H2,1-3H3,(H,25,27,29). The number of aromatic nitrogens is 5. The summed E-state index contributed by atoms with van der Waals surface area (Å²) >= 11 is 1.44. The van der Waals surface area contributed by atoms with E-state index in [1.54, 1.807) is 10.9 Å². The van der Waals surface area contributed by atoms with Crippen LogP contribution in [0.1, 0.15) is 54.9 Å². The number of hydrogen-bond acceptors (Lipinski definition) is 6. The van der Waals surface area contributed by atoms with Crippen LogP contribution >= 0.6 is 11.3 Å². The van der Waals surface area contributed by atoms with E-state index < -0.39 is 0 Å². The van der Waals surface area contributed by atoms with E-state index in [4.69, 9.17) is 4.98 Å². The van der Waals surface area contributed by atoms with Gasteiger partial charge in [-0.15, -0.1) is 10.2 Å². The quantitative estimate of drug-likeness (QED) is 0.448. The van der Waals surface area contributed by atoms with E-state index in [-0.39, 0.29) is 5.91 Å². The molecule has 0 bridgehead atoms. The van der Waals surface area contributed by atoms with Gasteiger partial charge in [-0.2, -0.15) is 5.10 Å². The molecule has 0 atom stereocenters. The molecule has 0 fully saturated rings. The van der Waals surface area contributed by atoms with Gasteiger partial charge in [0, 0.05) is 18.0 Å². The topological polar surface area (TPSA) is 85.6 Å². The molecule has 4 rings (SSSR count). The molecule has 3 heterocycles. The van der Waals surface area contributed by atoms with Gasteiger partial charge in [0.2, 0.25) is 5.13 Å². The van der Waals surface area contributed by atoms with E-state index in [0.717, 1.165) is 34.5 Å². The number of nitrogens with one attached hydrogen (secondary N) is 1. The Balaban J connectivity index is 1.72. The zero-order valence-corrected chi connectivity index (χ0v) is 18.1. The van der Waals surface area contributed by atoms with Crippen molar-refractivity contribution >= 4 is 33.4 Å². The normalized spacial score (nSPS) is 11.3. The molecule has 1 amide bonds. The predicted molar refractivity (Wildman–Crippen MR) is 120 cm³/mol. The molecule has 0 unspecified atom stereocenters. The fourth-order valence-electron chi connectivity index (χ4n) is 3.48. The summed E-state index contributed by atoms with van der Waals surface area (Å²) in [4.78, 5) is 18.0. The lowest BCUT2D eigenvalue weighted by Crippen LogP contribution is -2.13. The average molecular weight is 421 g/mol. The van der Waals surface area contributed by atoms with Crippen LogP contribution in [-0.2, 0) is 6.54 Å². The Morgan fingerprint density at radius 1 is 1.13 bits per heavy atom. The van der Waals surface area contributed by atoms with Crippen LogP contribution in [0.3, 0.4) is 0 Å². The molecular weight excluding hydrogens is 396 g/mol. The summed E-state index contributed by atoms with van der Waals surface area (Å²) in [5, 5.41) is 18.0. The number of rotatable bonds is 7. The molecule has 0 saturated heterocycles. The van der Waals surface area contributed by atoms with Crippen LogP contribution in [0, 0.1) is 0 Å². The number of amides is 1. The predicted octanol–water partition coefficient (Wildman–Crippen LogP) is 5.13. The van der Waals surface area contributed by atoms with Gasteiger partial charge in [0.15, 0.2) is 5.65 Å². The molecule has 8 heteroatoms. The Kier molecular flexibility index (Phi) is 5.85. The number of benzene rings is 1. The van der Waals surface area contributed by atoms with Crippen molar-refractivity contribution in [2.45, 2.75) is 46.1 Å². The van der Waals surface area contributed by atoms with Gasteiger partial charge < -0.3 is 0 Å². The third-order valence-electron chi connectivity index (χ3n) is 5.22. The maximum Gasteiger partial charge on any atom is 0.258 e. The van der Waals surface area contributed by atoms with Crippen LogP contribution in [0.4, 0.5) is 5.13 Å². The number of carbonyl (C=O) groups is 1. The highest BCUT2D eigenvalue weighted by molar-refractivity contribution is 7.15. The zero-order valence-electron chi connectivity index (χ0n) is 17.3. The van der Waals surface area contributed by atoms with Gasteiger partial charge in [-0.25, -0.2) is 9.67 Å². The van der Waals surface area contributed by atoms with Crippen molar-refractivity contribution in [1.82, 2.24) is 25.0 Å². The molecule has 0 radical (unpaired) electrons. The molecule has 1 aromatic carbocycles. The third-order valence-corrected chi connectivity index (χ3v) is 6.22. The summed E-state index contributed by atoms with van der Waals surface area (Å²) in [5.74, 6) is 0.135. The third kappa shape index (κ3) is 3.82. The Morgan fingerprint density at radius 3 is 2.60 bits per heavy atom. The molecule has 30 heavy (non-hydrogen) atoms. The second kappa shape index (κ2) is 8.71. The summed E-state index contributed by atoms with van der Waals surface area (Å²) < 4.78 is 1.80. The molecule has 7 nitrogen and oxygen atoms in total. The van der Waals surface area contributed by atoms with Gasteiger partial charge in [0.1, 0.15) is 5.01 Å². The minimum Gasteiger partial charge on any atom is -0.296 e. The molecule has 4 aromatic rings. The SMILES string of the molecule is CCC(CC)c1nnc(NC(=O)c2cc(-c3ccccc3)nc3c2cnn3CC)s1. The molecule has 0 aliphatic rings. The Hall–Kier alpha value is -3.13. The number of anilines is 1. The molecule has 1 N–H and O–H groups in total. The summed E-state index contributed by atoms with van der Waals surface area (Å²) in [7, 11) is 0. The summed E-state index contributed by atoms with van der Waals surface area (Å²) in [6, 6.07) is 11.7. The first-order valence-electron chi connectivity index (χ1n) is 10.2. The van der Waals surface area contributed by atoms with Crippen molar-refractivity contribution in [1.29, 1.82) is 0 Å². The zero-order chi connectivity index (χ0) is 21.1. The highest BCUT2D eigenvalue weighted by atomic mass is 32.1. The van der Waals surface area contributed by atoms with Crippen molar-refractivity contribution in [3.05, 3.63) is 53.2 Å². The fourth-order valence-corrected chi connectivity index (χ4v) is 4.48. The number of nitrogens with zero attached hydrogens (tertiary/aromatic N) is 5. The van der Waals surface area contributed by atoms with Crippen LogP contribution < -0.4 is 5.32 Å². The maximum absolute atomic E-state index is 13.2. The smallest absolute Gasteiger partial charge is 0.258 e. The monoisotopic (exact) mass is 420 g/mol. The first kappa shape index (κ1) is 20.2. The summed E-state index contributed by atoms with van der Waals surface area (Å²) in [5.41, 5.74) is 2.90. The van der Waals surface area contributed by atoms with Gasteiger partial charge in [-0.05, 0) is 25.8 Å². The van der Waals surface area contributed by atoms with Gasteiger partial charge in [-0.3, -0.25) is 10.1 Å². The van der Waals surface area contributed by atoms with Crippen LogP contribution in [0.5, 0.6) is 0 Å². The van der Waals surface area contributed by atoms with Gasteiger partial charge in [-0.1, -0.05) is 55.5 Å². The lowest BCUT2D eigenvalue weighted by atomic mass is 10.1. The first-order chi connectivity index (χ1) is 14.6. The second-order valence-electron chi connectivity index (χ2n) is 7.03. The number of aryl methyl sites for hydroxylation is 1. The van der Waals surface area contributed by atoms with E-state index >= 15 is 0 Å². The Labute approximate surface area is 179 Å². The van der Waals surface area contributed by atoms with Crippen molar-refractivity contribution in [3.63, 3.8) is 0 Å². The van der Waals surface area contributed by atoms with E-state index in [0.29, 0.717) is 28.8 Å². The van der Waals surface area contributed by atoms with E-state index in [2.05, 4.69) is 34.5 Å². The van der Waals surface area contributed by atoms with Crippen LogP contribution in [0.2, 0.25) is 0 Å². The highest BCUT2D eigenvalue weighted by Crippen LogP contribution is 2.29. The molecule has 154 valence electrons. The van der Waals surface area contributed by atoms with E-state index in [1.165, 1.54) is 11.3 Å². The summed E-state index contributed by atoms with van der Waals surface area (Å²) in [6.45, 7) is 6.95. The van der Waals surface area contributed by atoms with Gasteiger partial charge in [0.05, 0.1) is 22.8 Å². The maximum atomic E-state index is 13.2. The average Bonchev–Trinajstić information content (AvgIpc) is 3.41. The molecule has 0 spiro atoms. The van der Waals surface area contributed by atoms with Crippen LogP contribution in [0.25, 0.3) is 22.3 Å². The minimum absolute atomic E-state index is 0.234. The minimum atomic E-state index is -0.234. The van der Waals surface area contributed by atoms with E-state index in [9.17, 15) is 4.79 Å². The lowest BCUT2D eigenvalue weighted by molar-refractivity contribution is 0.102. The van der Waals surface area contributed by atoms with Crippen LogP contribution in [-0.4, -0.2) is 30.9 Å². The number of hydrogen-bond donors (Lipinski definition) is 1. The van der Waals surface area contributed by atoms with Crippen molar-refractivity contribution in [2.75, 3.05) is 5.32 Å². The second-order valence-corrected chi connectivity index (χ2v) is 8.04. The van der Waals surface area contributed by atoms with Gasteiger partial charge >= 0.3 is 0 Å². The Bertz CT molecular complexity index is 1160. The van der Waals surface area contributed by atoms with Gasteiger partial charge in [0.25, 0.3) is 5.91 Å². The van der Waals surface area contributed by atoms with Crippen molar-refractivity contribution in [2.24, 2.45) is 0 Å². The lowest BCUT2D eigenvalue weighted by Gasteiger charge is -2.08. The molecular formula is C22H24N6OS. The molecule has 0 aliphatic heterocycles. The van der Waals surface area contributed by atoms with Crippen molar-refractivity contribution < 1.29 is 4.79 Å². The Morgan fingerprint density at radius 2 is 1.90 bits per heavy atom. The first-order valence-corrected chi connectivity index (χ1v) is 11.0. The number of carbonyl (C=O) groups excluding carboxylic acids is 1. The summed E-state index contributed by atoms with van der Waals surface area (Å²) in [6.07, 6.45) is 3.70.